The Morgan fingerprint density at radius 2 is 1.94 bits per heavy atom. The SMILES string of the molecule is C=CC(=O)OCCC[Si](OC)(OC)OCOC. The van der Waals surface area contributed by atoms with Crippen molar-refractivity contribution in [1.29, 1.82) is 0 Å². The van der Waals surface area contributed by atoms with E-state index in [1.165, 1.54) is 21.3 Å². The Labute approximate surface area is 103 Å². The first-order valence-electron chi connectivity index (χ1n) is 5.16. The van der Waals surface area contributed by atoms with Gasteiger partial charge in [-0.3, -0.25) is 0 Å². The molecule has 0 rings (SSSR count). The fourth-order valence-corrected chi connectivity index (χ4v) is 2.98. The fraction of sp³-hybridized carbons (Fsp3) is 0.700. The van der Waals surface area contributed by atoms with E-state index >= 15 is 0 Å². The highest BCUT2D eigenvalue weighted by atomic mass is 28.4. The minimum absolute atomic E-state index is 0.111. The summed E-state index contributed by atoms with van der Waals surface area (Å²) in [5.41, 5.74) is 0. The molecule has 0 fully saturated rings. The van der Waals surface area contributed by atoms with Gasteiger partial charge < -0.3 is 22.8 Å². The van der Waals surface area contributed by atoms with Crippen molar-refractivity contribution in [3.63, 3.8) is 0 Å². The lowest BCUT2D eigenvalue weighted by atomic mass is 10.5. The van der Waals surface area contributed by atoms with Crippen molar-refractivity contribution in [2.24, 2.45) is 0 Å². The molecule has 0 saturated carbocycles. The molecule has 6 nitrogen and oxygen atoms in total. The topological polar surface area (TPSA) is 63.2 Å². The molecule has 0 aromatic carbocycles. The van der Waals surface area contributed by atoms with Gasteiger partial charge in [-0.05, 0) is 6.42 Å². The maximum atomic E-state index is 10.8. The number of ether oxygens (including phenoxy) is 2. The van der Waals surface area contributed by atoms with Gasteiger partial charge in [0.15, 0.2) is 0 Å². The summed E-state index contributed by atoms with van der Waals surface area (Å²) in [5, 5.41) is 0. The van der Waals surface area contributed by atoms with E-state index in [2.05, 4.69) is 6.58 Å². The fourth-order valence-electron chi connectivity index (χ4n) is 1.15. The van der Waals surface area contributed by atoms with E-state index in [1.54, 1.807) is 0 Å². The van der Waals surface area contributed by atoms with E-state index in [4.69, 9.17) is 22.8 Å². The van der Waals surface area contributed by atoms with Crippen LogP contribution in [0.1, 0.15) is 6.42 Å². The van der Waals surface area contributed by atoms with Crippen molar-refractivity contribution < 1.29 is 27.5 Å². The van der Waals surface area contributed by atoms with Crippen molar-refractivity contribution in [3.8, 4) is 0 Å². The number of hydrogen-bond acceptors (Lipinski definition) is 6. The summed E-state index contributed by atoms with van der Waals surface area (Å²) in [5.74, 6) is -0.440. The van der Waals surface area contributed by atoms with Crippen LogP contribution >= 0.6 is 0 Å². The molecule has 0 aliphatic heterocycles. The largest absolute Gasteiger partial charge is 0.502 e. The van der Waals surface area contributed by atoms with E-state index < -0.39 is 14.8 Å². The zero-order chi connectivity index (χ0) is 13.1. The summed E-state index contributed by atoms with van der Waals surface area (Å²) >= 11 is 0. The van der Waals surface area contributed by atoms with Gasteiger partial charge in [0.25, 0.3) is 0 Å². The third kappa shape index (κ3) is 6.54. The van der Waals surface area contributed by atoms with E-state index in [1.807, 2.05) is 0 Å². The van der Waals surface area contributed by atoms with Crippen LogP contribution in [0.3, 0.4) is 0 Å². The Hall–Kier alpha value is -0.733. The van der Waals surface area contributed by atoms with E-state index in [-0.39, 0.29) is 13.4 Å². The number of methoxy groups -OCH3 is 1. The Balaban J connectivity index is 3.98. The molecule has 0 atom stereocenters. The monoisotopic (exact) mass is 264 g/mol. The molecule has 0 heterocycles. The van der Waals surface area contributed by atoms with Gasteiger partial charge in [0.05, 0.1) is 6.61 Å². The maximum absolute atomic E-state index is 10.8. The zero-order valence-corrected chi connectivity index (χ0v) is 11.6. The van der Waals surface area contributed by atoms with Crippen LogP contribution in [-0.4, -0.2) is 49.5 Å². The first-order chi connectivity index (χ1) is 8.14. The van der Waals surface area contributed by atoms with Gasteiger partial charge in [-0.1, -0.05) is 6.58 Å². The normalized spacial score (nSPS) is 11.2. The molecular weight excluding hydrogens is 244 g/mol. The summed E-state index contributed by atoms with van der Waals surface area (Å²) in [6.07, 6.45) is 1.72. The maximum Gasteiger partial charge on any atom is 0.502 e. The van der Waals surface area contributed by atoms with Gasteiger partial charge in [0.1, 0.15) is 6.79 Å². The van der Waals surface area contributed by atoms with Gasteiger partial charge in [-0.25, -0.2) is 4.79 Å². The highest BCUT2D eigenvalue weighted by Crippen LogP contribution is 2.16. The third-order valence-corrected chi connectivity index (χ3v) is 4.82. The lowest BCUT2D eigenvalue weighted by Crippen LogP contribution is -2.44. The Morgan fingerprint density at radius 1 is 1.29 bits per heavy atom. The zero-order valence-electron chi connectivity index (χ0n) is 10.6. The molecule has 0 spiro atoms. The minimum atomic E-state index is -2.69. The molecule has 0 unspecified atom stereocenters. The van der Waals surface area contributed by atoms with Crippen LogP contribution in [0.25, 0.3) is 0 Å². The Bertz CT molecular complexity index is 229. The van der Waals surface area contributed by atoms with Crippen molar-refractivity contribution >= 4 is 14.8 Å². The minimum Gasteiger partial charge on any atom is -0.463 e. The highest BCUT2D eigenvalue weighted by Gasteiger charge is 2.38. The third-order valence-electron chi connectivity index (χ3n) is 2.06. The van der Waals surface area contributed by atoms with Crippen LogP contribution in [0.15, 0.2) is 12.7 Å². The average molecular weight is 264 g/mol. The average Bonchev–Trinajstić information content (AvgIpc) is 2.38. The number of carbonyl (C=O) groups excluding carboxylic acids is 1. The lowest BCUT2D eigenvalue weighted by Gasteiger charge is -2.25. The molecule has 100 valence electrons. The Morgan fingerprint density at radius 3 is 2.41 bits per heavy atom. The van der Waals surface area contributed by atoms with Crippen molar-refractivity contribution in [1.82, 2.24) is 0 Å². The molecule has 0 aromatic rings. The van der Waals surface area contributed by atoms with Gasteiger partial charge in [0.2, 0.25) is 0 Å². The van der Waals surface area contributed by atoms with Crippen LogP contribution in [0.2, 0.25) is 6.04 Å². The molecule has 0 saturated heterocycles. The summed E-state index contributed by atoms with van der Waals surface area (Å²) < 4.78 is 25.6. The number of carbonyl (C=O) groups is 1. The van der Waals surface area contributed by atoms with Crippen LogP contribution in [0.4, 0.5) is 0 Å². The second-order valence-corrected chi connectivity index (χ2v) is 6.09. The number of rotatable bonds is 10. The first kappa shape index (κ1) is 16.3. The molecule has 0 amide bonds. The molecule has 17 heavy (non-hydrogen) atoms. The van der Waals surface area contributed by atoms with Crippen LogP contribution < -0.4 is 0 Å². The van der Waals surface area contributed by atoms with Gasteiger partial charge >= 0.3 is 14.8 Å². The summed E-state index contributed by atoms with van der Waals surface area (Å²) in [6, 6.07) is 0.549. The first-order valence-corrected chi connectivity index (χ1v) is 7.09. The van der Waals surface area contributed by atoms with E-state index in [0.29, 0.717) is 12.5 Å². The summed E-state index contributed by atoms with van der Waals surface area (Å²) in [4.78, 5) is 10.8. The second-order valence-electron chi connectivity index (χ2n) is 3.12. The molecule has 0 bridgehead atoms. The van der Waals surface area contributed by atoms with Crippen LogP contribution in [0.5, 0.6) is 0 Å². The highest BCUT2D eigenvalue weighted by molar-refractivity contribution is 6.60. The van der Waals surface area contributed by atoms with Crippen molar-refractivity contribution in [2.45, 2.75) is 12.5 Å². The quantitative estimate of drug-likeness (QED) is 0.192. The molecule has 0 aliphatic rings. The van der Waals surface area contributed by atoms with Gasteiger partial charge in [0, 0.05) is 33.4 Å². The molecule has 0 aromatic heterocycles. The number of esters is 1. The van der Waals surface area contributed by atoms with Gasteiger partial charge in [-0.2, -0.15) is 0 Å². The van der Waals surface area contributed by atoms with Crippen molar-refractivity contribution in [2.75, 3.05) is 34.7 Å². The van der Waals surface area contributed by atoms with E-state index in [9.17, 15) is 4.79 Å². The summed E-state index contributed by atoms with van der Waals surface area (Å²) in [7, 11) is 1.89. The molecule has 0 N–H and O–H groups in total. The lowest BCUT2D eigenvalue weighted by molar-refractivity contribution is -0.137. The molecular formula is C10H20O6Si. The predicted molar refractivity (Wildman–Crippen MR) is 63.3 cm³/mol. The van der Waals surface area contributed by atoms with E-state index in [0.717, 1.165) is 6.08 Å². The predicted octanol–water partition coefficient (Wildman–Crippen LogP) is 0.958. The molecule has 7 heteroatoms. The van der Waals surface area contributed by atoms with Gasteiger partial charge in [-0.15, -0.1) is 0 Å². The summed E-state index contributed by atoms with van der Waals surface area (Å²) in [6.45, 7) is 3.70. The van der Waals surface area contributed by atoms with Crippen molar-refractivity contribution in [3.05, 3.63) is 12.7 Å². The molecule has 0 aliphatic carbocycles. The smallest absolute Gasteiger partial charge is 0.463 e. The standard InChI is InChI=1S/C10H20O6Si/c1-5-10(11)15-7-6-8-17(13-3,14-4)16-9-12-2/h5H,1,6-9H2,2-4H3. The molecule has 0 radical (unpaired) electrons. The number of hydrogen-bond donors (Lipinski definition) is 0. The Kier molecular flexibility index (Phi) is 8.91. The van der Waals surface area contributed by atoms with Crippen LogP contribution in [-0.2, 0) is 27.5 Å². The second kappa shape index (κ2) is 9.31. The van der Waals surface area contributed by atoms with Crippen LogP contribution in [0, 0.1) is 0 Å².